The van der Waals surface area contributed by atoms with Gasteiger partial charge in [0.1, 0.15) is 40.9 Å². The van der Waals surface area contributed by atoms with E-state index >= 15 is 17.6 Å². The number of aryl methyl sites for hydroxylation is 1. The van der Waals surface area contributed by atoms with Crippen LogP contribution in [0.3, 0.4) is 0 Å². The summed E-state index contributed by atoms with van der Waals surface area (Å²) in [5.41, 5.74) is -2.16. The molecule has 2 aliphatic rings. The summed E-state index contributed by atoms with van der Waals surface area (Å²) >= 11 is 6.96. The van der Waals surface area contributed by atoms with Gasteiger partial charge in [-0.3, -0.25) is 4.79 Å². The first-order valence-electron chi connectivity index (χ1n) is 21.2. The number of benzene rings is 3. The Hall–Kier alpha value is -6.10. The number of rotatable bonds is 12. The maximum Gasteiger partial charge on any atom is 0.418 e. The number of halogens is 5. The Morgan fingerprint density at radius 3 is 2.06 bits per heavy atom. The van der Waals surface area contributed by atoms with Crippen molar-refractivity contribution in [3.05, 3.63) is 93.8 Å². The lowest BCUT2D eigenvalue weighted by molar-refractivity contribution is -0.137. The summed E-state index contributed by atoms with van der Waals surface area (Å²) in [5, 5.41) is -0.248. The number of hydrogen-bond acceptors (Lipinski definition) is 11. The lowest BCUT2D eigenvalue weighted by atomic mass is 9.98. The number of carbonyl (C=O) groups excluding carboxylic acids is 2. The highest BCUT2D eigenvalue weighted by molar-refractivity contribution is 6.34. The van der Waals surface area contributed by atoms with Gasteiger partial charge in [0, 0.05) is 57.6 Å². The molecule has 18 heteroatoms. The van der Waals surface area contributed by atoms with Gasteiger partial charge in [0.05, 0.1) is 42.1 Å². The van der Waals surface area contributed by atoms with Gasteiger partial charge in [-0.15, -0.1) is 0 Å². The van der Waals surface area contributed by atoms with E-state index < -0.39 is 46.6 Å². The zero-order chi connectivity index (χ0) is 47.0. The Labute approximate surface area is 380 Å². The average molecular weight is 922 g/mol. The Morgan fingerprint density at radius 2 is 1.54 bits per heavy atom. The molecule has 0 radical (unpaired) electrons. The van der Waals surface area contributed by atoms with Crippen molar-refractivity contribution in [2.24, 2.45) is 0 Å². The smallest absolute Gasteiger partial charge is 0.418 e. The summed E-state index contributed by atoms with van der Waals surface area (Å²) in [7, 11) is 4.76. The van der Waals surface area contributed by atoms with E-state index in [0.29, 0.717) is 24.3 Å². The number of likely N-dealkylation sites (N-methyl/N-ethyl adjacent to an activating group) is 1. The molecule has 346 valence electrons. The average Bonchev–Trinajstić information content (AvgIpc) is 3.57. The third kappa shape index (κ3) is 10.4. The highest BCUT2D eigenvalue weighted by Gasteiger charge is 2.40. The van der Waals surface area contributed by atoms with Crippen LogP contribution in [-0.4, -0.2) is 102 Å². The molecular weight excluding hydrogens is 870 g/mol. The third-order valence-electron chi connectivity index (χ3n) is 11.5. The predicted molar refractivity (Wildman–Crippen MR) is 239 cm³/mol. The monoisotopic (exact) mass is 921 g/mol. The Kier molecular flexibility index (Phi) is 13.5. The highest BCUT2D eigenvalue weighted by Crippen LogP contribution is 2.46. The summed E-state index contributed by atoms with van der Waals surface area (Å²) in [6, 6.07) is 16.2. The standard InChI is InChI=1S/C47H52ClF4N7O6/c1-27-21-36(58(24-29-9-14-32(62-7)15-10-29)25-30-11-16-33(63-8)17-12-30)53-42(39(27)47(50,51)52)38-35(48)22-34-41(40(38)49)54-44(64-26-31-13-18-37(60)56(31)6)55-43(34)59-20-19-57(23-28(59)2)45(61)65-46(3,4)5/h9-12,14-17,21-22,28,31H,13,18-20,23-26H2,1-8H3/t28-,31-/m0/s1. The first kappa shape index (κ1) is 46.9. The Balaban J connectivity index is 1.37. The van der Waals surface area contributed by atoms with Gasteiger partial charge in [-0.1, -0.05) is 35.9 Å². The second-order valence-corrected chi connectivity index (χ2v) is 17.7. The molecule has 7 rings (SSSR count). The summed E-state index contributed by atoms with van der Waals surface area (Å²) in [6.07, 6.45) is -4.63. The van der Waals surface area contributed by atoms with Crippen molar-refractivity contribution in [2.75, 3.05) is 57.3 Å². The quantitative estimate of drug-likeness (QED) is 0.111. The number of piperazine rings is 1. The number of ether oxygens (including phenoxy) is 4. The van der Waals surface area contributed by atoms with Crippen molar-refractivity contribution in [3.63, 3.8) is 0 Å². The molecule has 2 saturated heterocycles. The van der Waals surface area contributed by atoms with Crippen molar-refractivity contribution >= 4 is 46.1 Å². The maximum atomic E-state index is 17.7. The van der Waals surface area contributed by atoms with Crippen LogP contribution < -0.4 is 24.0 Å². The van der Waals surface area contributed by atoms with E-state index in [1.54, 1.807) is 81.0 Å². The minimum absolute atomic E-state index is 0.0174. The molecule has 65 heavy (non-hydrogen) atoms. The van der Waals surface area contributed by atoms with Crippen molar-refractivity contribution in [3.8, 4) is 28.8 Å². The molecule has 2 atom stereocenters. The second kappa shape index (κ2) is 18.8. The van der Waals surface area contributed by atoms with E-state index in [-0.39, 0.29) is 90.4 Å². The number of methoxy groups -OCH3 is 2. The van der Waals surface area contributed by atoms with Gasteiger partial charge in [0.2, 0.25) is 5.91 Å². The van der Waals surface area contributed by atoms with Gasteiger partial charge in [-0.2, -0.15) is 23.1 Å². The van der Waals surface area contributed by atoms with E-state index in [1.807, 2.05) is 36.1 Å². The molecule has 2 fully saturated rings. The van der Waals surface area contributed by atoms with E-state index in [1.165, 1.54) is 19.1 Å². The van der Waals surface area contributed by atoms with E-state index in [9.17, 15) is 9.59 Å². The molecule has 0 spiro atoms. The van der Waals surface area contributed by atoms with Gasteiger partial charge in [-0.25, -0.2) is 14.2 Å². The number of pyridine rings is 1. The zero-order valence-corrected chi connectivity index (χ0v) is 38.3. The molecule has 3 aromatic carbocycles. The molecule has 2 aliphatic heterocycles. The van der Waals surface area contributed by atoms with Crippen LogP contribution in [0.15, 0.2) is 60.7 Å². The second-order valence-electron chi connectivity index (χ2n) is 17.3. The third-order valence-corrected chi connectivity index (χ3v) is 11.8. The Bertz CT molecular complexity index is 2510. The lowest BCUT2D eigenvalue weighted by Gasteiger charge is -2.41. The number of alkyl halides is 3. The summed E-state index contributed by atoms with van der Waals surface area (Å²) < 4.78 is 85.9. The van der Waals surface area contributed by atoms with Crippen molar-refractivity contribution < 1.29 is 46.1 Å². The minimum atomic E-state index is -4.98. The number of likely N-dealkylation sites (tertiary alicyclic amines) is 1. The molecule has 2 aromatic heterocycles. The van der Waals surface area contributed by atoms with Crippen LogP contribution in [0.25, 0.3) is 22.2 Å². The van der Waals surface area contributed by atoms with Crippen LogP contribution in [0.5, 0.6) is 17.5 Å². The minimum Gasteiger partial charge on any atom is -0.497 e. The predicted octanol–water partition coefficient (Wildman–Crippen LogP) is 9.48. The zero-order valence-electron chi connectivity index (χ0n) is 37.6. The van der Waals surface area contributed by atoms with Crippen LogP contribution in [-0.2, 0) is 28.8 Å². The number of fused-ring (bicyclic) bond motifs is 1. The molecule has 0 N–H and O–H groups in total. The topological polar surface area (TPSA) is 123 Å². The van der Waals surface area contributed by atoms with Crippen molar-refractivity contribution in [1.82, 2.24) is 24.8 Å². The van der Waals surface area contributed by atoms with Crippen LogP contribution in [0.4, 0.5) is 34.0 Å². The fraction of sp³-hybridized carbons (Fsp3) is 0.426. The summed E-state index contributed by atoms with van der Waals surface area (Å²) in [6.45, 7) is 9.55. The van der Waals surface area contributed by atoms with Gasteiger partial charge in [0.15, 0.2) is 5.82 Å². The normalized spacial score (nSPS) is 16.9. The molecule has 0 aliphatic carbocycles. The number of nitrogens with zero attached hydrogens (tertiary/aromatic N) is 7. The van der Waals surface area contributed by atoms with Crippen LogP contribution in [0, 0.1) is 12.7 Å². The number of hydrogen-bond donors (Lipinski definition) is 0. The van der Waals surface area contributed by atoms with E-state index in [4.69, 9.17) is 35.5 Å². The van der Waals surface area contributed by atoms with E-state index in [2.05, 4.69) is 9.97 Å². The fourth-order valence-electron chi connectivity index (χ4n) is 8.13. The largest absolute Gasteiger partial charge is 0.497 e. The van der Waals surface area contributed by atoms with Crippen molar-refractivity contribution in [2.45, 2.75) is 84.4 Å². The molecule has 0 bridgehead atoms. The molecular formula is C47H52ClF4N7O6. The van der Waals surface area contributed by atoms with Gasteiger partial charge >= 0.3 is 18.3 Å². The summed E-state index contributed by atoms with van der Waals surface area (Å²) in [4.78, 5) is 45.9. The SMILES string of the molecule is COc1ccc(CN(Cc2ccc(OC)cc2)c2cc(C)c(C(F)(F)F)c(-c3c(Cl)cc4c(N5CCN(C(=O)OC(C)(C)C)C[C@@H]5C)nc(OC[C@@H]5CCC(=O)N5C)nc4c3F)n2)cc1. The first-order valence-corrected chi connectivity index (χ1v) is 21.5. The summed E-state index contributed by atoms with van der Waals surface area (Å²) in [5.74, 6) is 0.359. The van der Waals surface area contributed by atoms with Crippen LogP contribution >= 0.6 is 11.6 Å². The number of amides is 2. The molecule has 4 heterocycles. The van der Waals surface area contributed by atoms with E-state index in [0.717, 1.165) is 11.1 Å². The Morgan fingerprint density at radius 1 is 0.923 bits per heavy atom. The van der Waals surface area contributed by atoms with Crippen molar-refractivity contribution in [1.29, 1.82) is 0 Å². The van der Waals surface area contributed by atoms with Gasteiger partial charge in [-0.05, 0) is 94.1 Å². The highest BCUT2D eigenvalue weighted by atomic mass is 35.5. The van der Waals surface area contributed by atoms with Gasteiger partial charge in [0.25, 0.3) is 0 Å². The lowest BCUT2D eigenvalue weighted by Crippen LogP contribution is -2.55. The molecule has 13 nitrogen and oxygen atoms in total. The first-order chi connectivity index (χ1) is 30.7. The van der Waals surface area contributed by atoms with Gasteiger partial charge < -0.3 is 38.5 Å². The van der Waals surface area contributed by atoms with Crippen LogP contribution in [0.1, 0.15) is 62.8 Å². The molecule has 5 aromatic rings. The maximum absolute atomic E-state index is 17.7. The molecule has 0 unspecified atom stereocenters. The number of anilines is 2. The molecule has 2 amide bonds. The van der Waals surface area contributed by atoms with Crippen LogP contribution in [0.2, 0.25) is 5.02 Å². The molecule has 0 saturated carbocycles. The number of carbonyl (C=O) groups is 2. The number of aromatic nitrogens is 3. The fourth-order valence-corrected chi connectivity index (χ4v) is 8.41.